The van der Waals surface area contributed by atoms with Gasteiger partial charge in [0.2, 0.25) is 0 Å². The number of carboxylic acid groups (broad SMARTS) is 1. The average molecular weight is 384 g/mol. The summed E-state index contributed by atoms with van der Waals surface area (Å²) in [4.78, 5) is 28.6. The summed E-state index contributed by atoms with van der Waals surface area (Å²) in [6.45, 7) is 2.50. The molecule has 0 atom stereocenters. The number of rotatable bonds is 5. The quantitative estimate of drug-likeness (QED) is 0.823. The van der Waals surface area contributed by atoms with Gasteiger partial charge >= 0.3 is 5.97 Å². The molecule has 0 aromatic carbocycles. The van der Waals surface area contributed by atoms with E-state index in [4.69, 9.17) is 5.11 Å². The van der Waals surface area contributed by atoms with Gasteiger partial charge < -0.3 is 10.4 Å². The molecule has 0 saturated heterocycles. The van der Waals surface area contributed by atoms with Crippen LogP contribution in [-0.4, -0.2) is 38.3 Å². The number of aromatic nitrogens is 3. The fourth-order valence-electron chi connectivity index (χ4n) is 4.69. The van der Waals surface area contributed by atoms with Crippen molar-refractivity contribution in [3.63, 3.8) is 0 Å². The highest BCUT2D eigenvalue weighted by molar-refractivity contribution is 6.05. The van der Waals surface area contributed by atoms with Crippen LogP contribution in [-0.2, 0) is 4.79 Å². The summed E-state index contributed by atoms with van der Waals surface area (Å²) in [5.74, 6) is -0.673. The van der Waals surface area contributed by atoms with Gasteiger partial charge in [0, 0.05) is 12.2 Å². The van der Waals surface area contributed by atoms with Gasteiger partial charge in [-0.3, -0.25) is 9.59 Å². The molecule has 2 N–H and O–H groups in total. The van der Waals surface area contributed by atoms with Crippen LogP contribution in [0.15, 0.2) is 12.3 Å². The predicted octanol–water partition coefficient (Wildman–Crippen LogP) is 3.48. The van der Waals surface area contributed by atoms with E-state index in [2.05, 4.69) is 15.4 Å². The van der Waals surface area contributed by atoms with Crippen LogP contribution < -0.4 is 5.32 Å². The number of aryl methyl sites for hydroxylation is 1. The Morgan fingerprint density at radius 3 is 2.57 bits per heavy atom. The third-order valence-electron chi connectivity index (χ3n) is 6.36. The molecule has 2 aromatic rings. The highest BCUT2D eigenvalue weighted by Crippen LogP contribution is 2.32. The van der Waals surface area contributed by atoms with Gasteiger partial charge in [0.1, 0.15) is 0 Å². The number of nitrogens with zero attached hydrogens (tertiary/aromatic N) is 3. The first kappa shape index (κ1) is 18.9. The van der Waals surface area contributed by atoms with Crippen molar-refractivity contribution in [3.05, 3.63) is 23.5 Å². The summed E-state index contributed by atoms with van der Waals surface area (Å²) in [5, 5.41) is 17.5. The van der Waals surface area contributed by atoms with Gasteiger partial charge in [-0.1, -0.05) is 12.8 Å². The van der Waals surface area contributed by atoms with E-state index in [1.165, 1.54) is 12.8 Å². The minimum absolute atomic E-state index is 0.0955. The molecule has 0 bridgehead atoms. The van der Waals surface area contributed by atoms with Crippen LogP contribution in [0.3, 0.4) is 0 Å². The average Bonchev–Trinajstić information content (AvgIpc) is 3.35. The maximum Gasteiger partial charge on any atom is 0.306 e. The zero-order valence-corrected chi connectivity index (χ0v) is 16.4. The van der Waals surface area contributed by atoms with Crippen molar-refractivity contribution in [2.24, 2.45) is 11.8 Å². The number of nitrogens with one attached hydrogen (secondary N) is 1. The van der Waals surface area contributed by atoms with E-state index in [9.17, 15) is 9.59 Å². The fraction of sp³-hybridized carbons (Fsp3) is 0.619. The maximum atomic E-state index is 12.9. The Balaban J connectivity index is 1.46. The summed E-state index contributed by atoms with van der Waals surface area (Å²) >= 11 is 0. The molecule has 0 spiro atoms. The summed E-state index contributed by atoms with van der Waals surface area (Å²) in [6.07, 6.45) is 9.53. The lowest BCUT2D eigenvalue weighted by molar-refractivity contribution is -0.143. The predicted molar refractivity (Wildman–Crippen MR) is 105 cm³/mol. The minimum Gasteiger partial charge on any atom is -0.481 e. The van der Waals surface area contributed by atoms with Crippen LogP contribution >= 0.6 is 0 Å². The largest absolute Gasteiger partial charge is 0.481 e. The highest BCUT2D eigenvalue weighted by atomic mass is 16.4. The van der Waals surface area contributed by atoms with Crippen molar-refractivity contribution in [1.82, 2.24) is 20.1 Å². The second-order valence-corrected chi connectivity index (χ2v) is 8.34. The van der Waals surface area contributed by atoms with Gasteiger partial charge in [0.05, 0.1) is 29.1 Å². The van der Waals surface area contributed by atoms with Crippen LogP contribution in [0.5, 0.6) is 0 Å². The van der Waals surface area contributed by atoms with Crippen LogP contribution in [0.1, 0.15) is 73.5 Å². The summed E-state index contributed by atoms with van der Waals surface area (Å²) in [5.41, 5.74) is 2.25. The molecule has 2 aromatic heterocycles. The molecule has 4 rings (SSSR count). The van der Waals surface area contributed by atoms with E-state index in [1.54, 1.807) is 6.20 Å². The Morgan fingerprint density at radius 2 is 1.89 bits per heavy atom. The first-order valence-electron chi connectivity index (χ1n) is 10.4. The second kappa shape index (κ2) is 7.89. The third kappa shape index (κ3) is 3.75. The molecule has 2 fully saturated rings. The highest BCUT2D eigenvalue weighted by Gasteiger charge is 2.27. The number of amides is 1. The van der Waals surface area contributed by atoms with Gasteiger partial charge in [0.25, 0.3) is 5.91 Å². The Kier molecular flexibility index (Phi) is 5.33. The molecule has 2 aliphatic rings. The van der Waals surface area contributed by atoms with Gasteiger partial charge in [-0.2, -0.15) is 5.10 Å². The lowest BCUT2D eigenvalue weighted by Crippen LogP contribution is -2.32. The third-order valence-corrected chi connectivity index (χ3v) is 6.36. The smallest absolute Gasteiger partial charge is 0.306 e. The van der Waals surface area contributed by atoms with Crippen LogP contribution in [0.4, 0.5) is 0 Å². The van der Waals surface area contributed by atoms with E-state index in [-0.39, 0.29) is 11.8 Å². The molecule has 28 heavy (non-hydrogen) atoms. The zero-order chi connectivity index (χ0) is 19.7. The number of fused-ring (bicyclic) bond motifs is 1. The minimum atomic E-state index is -0.698. The van der Waals surface area contributed by atoms with Gasteiger partial charge in [-0.15, -0.1) is 0 Å². The van der Waals surface area contributed by atoms with Crippen LogP contribution in [0.25, 0.3) is 11.0 Å². The van der Waals surface area contributed by atoms with E-state index in [0.717, 1.165) is 42.4 Å². The van der Waals surface area contributed by atoms with Crippen LogP contribution in [0, 0.1) is 18.8 Å². The molecule has 0 aliphatic heterocycles. The number of pyridine rings is 1. The van der Waals surface area contributed by atoms with Gasteiger partial charge in [-0.05, 0) is 57.4 Å². The molecular formula is C21H28N4O3. The SMILES string of the molecule is Cc1cc(C(=O)NCC2CCC(C(=O)O)CC2)c2cnn(C3CCCC3)c2n1. The first-order chi connectivity index (χ1) is 13.5. The zero-order valence-electron chi connectivity index (χ0n) is 16.4. The number of carbonyl (C=O) groups is 2. The number of hydrogen-bond acceptors (Lipinski definition) is 4. The maximum absolute atomic E-state index is 12.9. The van der Waals surface area contributed by atoms with Crippen LogP contribution in [0.2, 0.25) is 0 Å². The van der Waals surface area contributed by atoms with E-state index >= 15 is 0 Å². The van der Waals surface area contributed by atoms with Gasteiger partial charge in [-0.25, -0.2) is 9.67 Å². The Morgan fingerprint density at radius 1 is 1.18 bits per heavy atom. The molecule has 0 radical (unpaired) electrons. The van der Waals surface area contributed by atoms with E-state index in [0.29, 0.717) is 36.9 Å². The number of carboxylic acids is 1. The van der Waals surface area contributed by atoms with Crippen molar-refractivity contribution in [1.29, 1.82) is 0 Å². The van der Waals surface area contributed by atoms with E-state index in [1.807, 2.05) is 17.7 Å². The van der Waals surface area contributed by atoms with Crippen molar-refractivity contribution in [2.45, 2.75) is 64.3 Å². The van der Waals surface area contributed by atoms with Crippen molar-refractivity contribution >= 4 is 22.9 Å². The number of hydrogen-bond donors (Lipinski definition) is 2. The molecule has 7 heteroatoms. The molecule has 2 aliphatic carbocycles. The standard InChI is InChI=1S/C21H28N4O3/c1-13-10-17(18-12-23-25(19(18)24-13)16-4-2-3-5-16)20(26)22-11-14-6-8-15(9-7-14)21(27)28/h10,12,14-16H,2-9,11H2,1H3,(H,22,26)(H,27,28). The summed E-state index contributed by atoms with van der Waals surface area (Å²) in [7, 11) is 0. The van der Waals surface area contributed by atoms with Crippen molar-refractivity contribution < 1.29 is 14.7 Å². The molecule has 0 unspecified atom stereocenters. The lowest BCUT2D eigenvalue weighted by Gasteiger charge is -2.26. The Bertz CT molecular complexity index is 877. The normalized spacial score (nSPS) is 23.2. The molecule has 2 saturated carbocycles. The Hall–Kier alpha value is -2.44. The lowest BCUT2D eigenvalue weighted by atomic mass is 9.82. The number of carbonyl (C=O) groups excluding carboxylic acids is 1. The topological polar surface area (TPSA) is 97.1 Å². The molecule has 7 nitrogen and oxygen atoms in total. The molecule has 150 valence electrons. The first-order valence-corrected chi connectivity index (χ1v) is 10.4. The number of aliphatic carboxylic acids is 1. The van der Waals surface area contributed by atoms with E-state index < -0.39 is 5.97 Å². The second-order valence-electron chi connectivity index (χ2n) is 8.34. The summed E-state index contributed by atoms with van der Waals surface area (Å²) < 4.78 is 2.00. The fourth-order valence-corrected chi connectivity index (χ4v) is 4.69. The molecular weight excluding hydrogens is 356 g/mol. The molecule has 2 heterocycles. The molecule has 1 amide bonds. The van der Waals surface area contributed by atoms with Gasteiger partial charge in [0.15, 0.2) is 5.65 Å². The van der Waals surface area contributed by atoms with Crippen molar-refractivity contribution in [3.8, 4) is 0 Å². The monoisotopic (exact) mass is 384 g/mol. The summed E-state index contributed by atoms with van der Waals surface area (Å²) in [6, 6.07) is 2.21. The van der Waals surface area contributed by atoms with Crippen molar-refractivity contribution in [2.75, 3.05) is 6.54 Å². The Labute approximate surface area is 164 Å².